The summed E-state index contributed by atoms with van der Waals surface area (Å²) in [6.07, 6.45) is 2.07. The molecule has 1 aromatic heterocycles. The molecule has 25 heavy (non-hydrogen) atoms. The van der Waals surface area contributed by atoms with Gasteiger partial charge in [0.1, 0.15) is 5.03 Å². The Kier molecular flexibility index (Phi) is 5.55. The van der Waals surface area contributed by atoms with E-state index in [4.69, 9.17) is 0 Å². The van der Waals surface area contributed by atoms with Crippen molar-refractivity contribution in [3.05, 3.63) is 48.2 Å². The summed E-state index contributed by atoms with van der Waals surface area (Å²) in [7, 11) is 0. The number of pyridine rings is 1. The normalized spacial score (nSPS) is 13.1. The lowest BCUT2D eigenvalue weighted by molar-refractivity contribution is -0.120. The summed E-state index contributed by atoms with van der Waals surface area (Å²) in [5, 5.41) is 6.55. The van der Waals surface area contributed by atoms with E-state index in [2.05, 4.69) is 15.6 Å². The molecule has 0 fully saturated rings. The van der Waals surface area contributed by atoms with Gasteiger partial charge in [0.25, 0.3) is 0 Å². The molecule has 0 atom stereocenters. The van der Waals surface area contributed by atoms with Crippen LogP contribution in [0.4, 0.5) is 16.2 Å². The monoisotopic (exact) mass is 356 g/mol. The molecule has 0 aliphatic carbocycles. The number of carbonyl (C=O) groups is 2. The van der Waals surface area contributed by atoms with Crippen LogP contribution in [0.25, 0.3) is 0 Å². The van der Waals surface area contributed by atoms with Gasteiger partial charge in [-0.3, -0.25) is 9.69 Å². The van der Waals surface area contributed by atoms with Crippen LogP contribution >= 0.6 is 11.8 Å². The maximum atomic E-state index is 12.6. The van der Waals surface area contributed by atoms with Gasteiger partial charge in [-0.2, -0.15) is 0 Å². The van der Waals surface area contributed by atoms with Gasteiger partial charge in [-0.25, -0.2) is 9.78 Å². The van der Waals surface area contributed by atoms with Gasteiger partial charge in [-0.05, 0) is 36.8 Å². The fourth-order valence-electron chi connectivity index (χ4n) is 2.61. The Bertz CT molecular complexity index is 764. The summed E-state index contributed by atoms with van der Waals surface area (Å²) < 4.78 is 0. The van der Waals surface area contributed by atoms with Crippen LogP contribution in [0, 0.1) is 0 Å². The van der Waals surface area contributed by atoms with Gasteiger partial charge in [-0.15, -0.1) is 11.8 Å². The molecule has 0 spiro atoms. The molecule has 1 aliphatic rings. The van der Waals surface area contributed by atoms with Crippen LogP contribution in [-0.2, 0) is 11.2 Å². The van der Waals surface area contributed by atoms with Crippen LogP contribution < -0.4 is 15.5 Å². The highest BCUT2D eigenvalue weighted by Crippen LogP contribution is 2.32. The number of anilines is 2. The molecule has 2 heterocycles. The van der Waals surface area contributed by atoms with E-state index in [1.165, 1.54) is 0 Å². The van der Waals surface area contributed by atoms with E-state index in [-0.39, 0.29) is 11.9 Å². The van der Waals surface area contributed by atoms with Crippen LogP contribution in [0.1, 0.15) is 12.5 Å². The van der Waals surface area contributed by atoms with Crippen molar-refractivity contribution in [2.75, 3.05) is 29.1 Å². The summed E-state index contributed by atoms with van der Waals surface area (Å²) in [6.45, 7) is 3.16. The van der Waals surface area contributed by atoms with E-state index in [9.17, 15) is 9.59 Å². The smallest absolute Gasteiger partial charge is 0.326 e. The van der Waals surface area contributed by atoms with E-state index in [1.807, 2.05) is 43.3 Å². The summed E-state index contributed by atoms with van der Waals surface area (Å²) >= 11 is 1.66. The Labute approximate surface area is 151 Å². The zero-order valence-electron chi connectivity index (χ0n) is 14.0. The first-order chi connectivity index (χ1) is 12.2. The fourth-order valence-corrected chi connectivity index (χ4v) is 3.53. The molecule has 7 heteroatoms. The number of hydrogen-bond acceptors (Lipinski definition) is 4. The molecule has 0 radical (unpaired) electrons. The van der Waals surface area contributed by atoms with Gasteiger partial charge in [0.05, 0.1) is 12.1 Å². The van der Waals surface area contributed by atoms with Crippen LogP contribution in [0.2, 0.25) is 0 Å². The third-order valence-corrected chi connectivity index (χ3v) is 4.76. The Morgan fingerprint density at radius 1 is 1.24 bits per heavy atom. The van der Waals surface area contributed by atoms with E-state index in [0.29, 0.717) is 25.2 Å². The number of carbonyl (C=O) groups excluding carboxylic acids is 2. The quantitative estimate of drug-likeness (QED) is 0.883. The van der Waals surface area contributed by atoms with E-state index in [1.54, 1.807) is 22.9 Å². The Hall–Kier alpha value is -2.54. The Morgan fingerprint density at radius 3 is 2.80 bits per heavy atom. The highest BCUT2D eigenvalue weighted by Gasteiger charge is 2.23. The number of hydrogen-bond donors (Lipinski definition) is 2. The number of urea groups is 1. The summed E-state index contributed by atoms with van der Waals surface area (Å²) in [5.74, 6) is 0.817. The molecule has 0 bridgehead atoms. The van der Waals surface area contributed by atoms with Crippen molar-refractivity contribution in [2.24, 2.45) is 0 Å². The Balaban J connectivity index is 1.65. The molecule has 6 nitrogen and oxygen atoms in total. The topological polar surface area (TPSA) is 74.3 Å². The molecule has 0 saturated heterocycles. The molecular formula is C18H20N4O2S. The van der Waals surface area contributed by atoms with Gasteiger partial charge in [0, 0.05) is 30.7 Å². The third-order valence-electron chi connectivity index (χ3n) is 3.78. The lowest BCUT2D eigenvalue weighted by Gasteiger charge is -2.28. The molecule has 2 N–H and O–H groups in total. The predicted octanol–water partition coefficient (Wildman–Crippen LogP) is 2.90. The van der Waals surface area contributed by atoms with Gasteiger partial charge in [0.2, 0.25) is 5.91 Å². The summed E-state index contributed by atoms with van der Waals surface area (Å²) in [6, 6.07) is 10.9. The Morgan fingerprint density at radius 2 is 2.04 bits per heavy atom. The first-order valence-corrected chi connectivity index (χ1v) is 9.18. The lowest BCUT2D eigenvalue weighted by atomic mass is 10.1. The first-order valence-electron chi connectivity index (χ1n) is 8.19. The van der Waals surface area contributed by atoms with Crippen LogP contribution in [0.3, 0.4) is 0 Å². The number of nitrogens with zero attached hydrogens (tertiary/aromatic N) is 2. The predicted molar refractivity (Wildman–Crippen MR) is 100 cm³/mol. The van der Waals surface area contributed by atoms with Crippen molar-refractivity contribution < 1.29 is 9.59 Å². The third kappa shape index (κ3) is 4.30. The van der Waals surface area contributed by atoms with E-state index in [0.717, 1.165) is 22.0 Å². The molecule has 1 aromatic carbocycles. The van der Waals surface area contributed by atoms with Crippen LogP contribution in [0.5, 0.6) is 0 Å². The maximum Gasteiger partial charge on any atom is 0.326 e. The number of thioether (sulfide) groups is 1. The molecule has 130 valence electrons. The number of amides is 3. The molecular weight excluding hydrogens is 336 g/mol. The largest absolute Gasteiger partial charge is 0.356 e. The standard InChI is InChI=1S/C18H20N4O2S/c1-2-19-16(23)12-13-5-7-14(8-6-13)21-18(24)22-10-11-25-17-15(22)4-3-9-20-17/h3-9H,2,10-12H2,1H3,(H,19,23)(H,21,24). The van der Waals surface area contributed by atoms with Crippen molar-refractivity contribution in [1.29, 1.82) is 0 Å². The van der Waals surface area contributed by atoms with Crippen molar-refractivity contribution >= 4 is 35.1 Å². The van der Waals surface area contributed by atoms with Gasteiger partial charge in [-0.1, -0.05) is 12.1 Å². The fraction of sp³-hybridized carbons (Fsp3) is 0.278. The summed E-state index contributed by atoms with van der Waals surface area (Å²) in [4.78, 5) is 30.2. The van der Waals surface area contributed by atoms with E-state index < -0.39 is 0 Å². The number of benzene rings is 1. The molecule has 1 aliphatic heterocycles. The molecule has 3 amide bonds. The molecule has 0 unspecified atom stereocenters. The van der Waals surface area contributed by atoms with Gasteiger partial charge < -0.3 is 10.6 Å². The number of likely N-dealkylation sites (N-methyl/N-ethyl adjacent to an activating group) is 1. The second-order valence-corrected chi connectivity index (χ2v) is 6.67. The number of aromatic nitrogens is 1. The zero-order valence-corrected chi connectivity index (χ0v) is 14.8. The minimum absolute atomic E-state index is 0.00536. The van der Waals surface area contributed by atoms with Crippen LogP contribution in [0.15, 0.2) is 47.6 Å². The average molecular weight is 356 g/mol. The van der Waals surface area contributed by atoms with Crippen molar-refractivity contribution in [3.8, 4) is 0 Å². The van der Waals surface area contributed by atoms with Crippen molar-refractivity contribution in [1.82, 2.24) is 10.3 Å². The van der Waals surface area contributed by atoms with Gasteiger partial charge >= 0.3 is 6.03 Å². The van der Waals surface area contributed by atoms with Crippen molar-refractivity contribution in [3.63, 3.8) is 0 Å². The summed E-state index contributed by atoms with van der Waals surface area (Å²) in [5.41, 5.74) is 2.45. The van der Waals surface area contributed by atoms with E-state index >= 15 is 0 Å². The number of rotatable bonds is 4. The molecule has 2 aromatic rings. The SMILES string of the molecule is CCNC(=O)Cc1ccc(NC(=O)N2CCSc3ncccc32)cc1. The second-order valence-electron chi connectivity index (χ2n) is 5.59. The molecule has 3 rings (SSSR count). The second kappa shape index (κ2) is 8.02. The zero-order chi connectivity index (χ0) is 17.6. The first kappa shape index (κ1) is 17.3. The highest BCUT2D eigenvalue weighted by atomic mass is 32.2. The maximum absolute atomic E-state index is 12.6. The van der Waals surface area contributed by atoms with Gasteiger partial charge in [0.15, 0.2) is 0 Å². The highest BCUT2D eigenvalue weighted by molar-refractivity contribution is 7.99. The van der Waals surface area contributed by atoms with Crippen molar-refractivity contribution in [2.45, 2.75) is 18.4 Å². The number of fused-ring (bicyclic) bond motifs is 1. The lowest BCUT2D eigenvalue weighted by Crippen LogP contribution is -2.38. The molecule has 0 saturated carbocycles. The average Bonchev–Trinajstić information content (AvgIpc) is 2.63. The minimum Gasteiger partial charge on any atom is -0.356 e. The van der Waals surface area contributed by atoms with Crippen LogP contribution in [-0.4, -0.2) is 35.8 Å². The minimum atomic E-state index is -0.175. The number of nitrogens with one attached hydrogen (secondary N) is 2.